The fourth-order valence-electron chi connectivity index (χ4n) is 4.76. The SMILES string of the molecule is Cc1ncn(-c2ccc(NC(=O)C3(c4nn[nH]n4)CC4(CCC4)C3)cc2)c1C. The molecule has 3 aromatic rings. The Morgan fingerprint density at radius 3 is 2.46 bits per heavy atom. The summed E-state index contributed by atoms with van der Waals surface area (Å²) in [7, 11) is 0. The number of rotatable bonds is 4. The van der Waals surface area contributed by atoms with E-state index in [1.54, 1.807) is 0 Å². The van der Waals surface area contributed by atoms with E-state index in [2.05, 4.69) is 30.9 Å². The zero-order valence-electron chi connectivity index (χ0n) is 16.1. The number of imidazole rings is 1. The van der Waals surface area contributed by atoms with Gasteiger partial charge in [-0.15, -0.1) is 10.2 Å². The summed E-state index contributed by atoms with van der Waals surface area (Å²) in [4.78, 5) is 17.5. The van der Waals surface area contributed by atoms with Crippen molar-refractivity contribution < 1.29 is 4.79 Å². The van der Waals surface area contributed by atoms with E-state index in [1.165, 1.54) is 19.3 Å². The molecule has 28 heavy (non-hydrogen) atoms. The van der Waals surface area contributed by atoms with Crippen LogP contribution in [0.3, 0.4) is 0 Å². The number of aryl methyl sites for hydroxylation is 1. The highest BCUT2D eigenvalue weighted by Crippen LogP contribution is 2.64. The molecule has 2 aliphatic rings. The molecular weight excluding hydrogens is 354 g/mol. The van der Waals surface area contributed by atoms with Gasteiger partial charge < -0.3 is 9.88 Å². The third-order valence-corrected chi connectivity index (χ3v) is 6.63. The van der Waals surface area contributed by atoms with Gasteiger partial charge in [0.1, 0.15) is 5.41 Å². The Labute approximate surface area is 162 Å². The van der Waals surface area contributed by atoms with Gasteiger partial charge >= 0.3 is 0 Å². The van der Waals surface area contributed by atoms with Crippen LogP contribution in [0, 0.1) is 19.3 Å². The van der Waals surface area contributed by atoms with Crippen LogP contribution in [0.4, 0.5) is 5.69 Å². The lowest BCUT2D eigenvalue weighted by molar-refractivity contribution is -0.137. The topological polar surface area (TPSA) is 101 Å². The van der Waals surface area contributed by atoms with Gasteiger partial charge in [0, 0.05) is 17.1 Å². The fourth-order valence-corrected chi connectivity index (χ4v) is 4.76. The van der Waals surface area contributed by atoms with Crippen molar-refractivity contribution in [2.75, 3.05) is 5.32 Å². The van der Waals surface area contributed by atoms with Crippen molar-refractivity contribution >= 4 is 11.6 Å². The molecule has 1 aromatic carbocycles. The number of aromatic amines is 1. The molecule has 2 heterocycles. The molecule has 1 amide bonds. The van der Waals surface area contributed by atoms with Gasteiger partial charge in [-0.25, -0.2) is 4.98 Å². The monoisotopic (exact) mass is 377 g/mol. The number of amides is 1. The Kier molecular flexibility index (Phi) is 3.65. The van der Waals surface area contributed by atoms with Crippen molar-refractivity contribution in [1.82, 2.24) is 30.2 Å². The van der Waals surface area contributed by atoms with Crippen molar-refractivity contribution in [3.63, 3.8) is 0 Å². The summed E-state index contributed by atoms with van der Waals surface area (Å²) in [6.07, 6.45) is 7.05. The molecule has 0 radical (unpaired) electrons. The summed E-state index contributed by atoms with van der Waals surface area (Å²) in [5, 5.41) is 17.5. The molecule has 0 aliphatic heterocycles. The van der Waals surface area contributed by atoms with Crippen molar-refractivity contribution in [3.8, 4) is 5.69 Å². The number of nitrogens with zero attached hydrogens (tertiary/aromatic N) is 5. The standard InChI is InChI=1S/C20H23N7O/c1-13-14(2)27(12-21-13)16-6-4-15(5-7-16)22-18(28)20(17-23-25-26-24-17)10-19(11-20)8-3-9-19/h4-7,12H,3,8-11H2,1-2H3,(H,22,28)(H,23,24,25,26). The van der Waals surface area contributed by atoms with E-state index in [9.17, 15) is 4.79 Å². The van der Waals surface area contributed by atoms with E-state index < -0.39 is 5.41 Å². The van der Waals surface area contributed by atoms with E-state index in [4.69, 9.17) is 0 Å². The predicted molar refractivity (Wildman–Crippen MR) is 103 cm³/mol. The summed E-state index contributed by atoms with van der Waals surface area (Å²) in [5.74, 6) is 0.456. The summed E-state index contributed by atoms with van der Waals surface area (Å²) in [6.45, 7) is 4.03. The molecule has 0 atom stereocenters. The van der Waals surface area contributed by atoms with Gasteiger partial charge in [0.2, 0.25) is 5.91 Å². The molecule has 144 valence electrons. The first-order chi connectivity index (χ1) is 13.5. The van der Waals surface area contributed by atoms with E-state index in [0.29, 0.717) is 11.2 Å². The Morgan fingerprint density at radius 2 is 1.93 bits per heavy atom. The molecule has 0 unspecified atom stereocenters. The summed E-state index contributed by atoms with van der Waals surface area (Å²) >= 11 is 0. The van der Waals surface area contributed by atoms with E-state index in [1.807, 2.05) is 49.0 Å². The molecule has 2 saturated carbocycles. The average Bonchev–Trinajstić information content (AvgIpc) is 3.26. The molecule has 0 bridgehead atoms. The number of hydrogen-bond acceptors (Lipinski definition) is 5. The Morgan fingerprint density at radius 1 is 1.18 bits per heavy atom. The number of benzene rings is 1. The maximum Gasteiger partial charge on any atom is 0.238 e. The molecule has 8 nitrogen and oxygen atoms in total. The maximum absolute atomic E-state index is 13.2. The molecule has 2 N–H and O–H groups in total. The van der Waals surface area contributed by atoms with E-state index >= 15 is 0 Å². The molecule has 5 rings (SSSR count). The highest BCUT2D eigenvalue weighted by atomic mass is 16.2. The van der Waals surface area contributed by atoms with Crippen LogP contribution in [-0.2, 0) is 10.2 Å². The average molecular weight is 377 g/mol. The van der Waals surface area contributed by atoms with Crippen LogP contribution in [0.1, 0.15) is 49.3 Å². The number of tetrazole rings is 1. The number of nitrogens with one attached hydrogen (secondary N) is 2. The smallest absolute Gasteiger partial charge is 0.238 e. The number of aromatic nitrogens is 6. The molecule has 0 saturated heterocycles. The molecular formula is C20H23N7O. The highest BCUT2D eigenvalue weighted by molar-refractivity contribution is 5.99. The normalized spacial score (nSPS) is 19.1. The van der Waals surface area contributed by atoms with Crippen LogP contribution in [0.15, 0.2) is 30.6 Å². The lowest BCUT2D eigenvalue weighted by Crippen LogP contribution is -2.59. The zero-order valence-corrected chi connectivity index (χ0v) is 16.1. The maximum atomic E-state index is 13.2. The Balaban J connectivity index is 1.36. The summed E-state index contributed by atoms with van der Waals surface area (Å²) < 4.78 is 2.04. The second-order valence-corrected chi connectivity index (χ2v) is 8.31. The van der Waals surface area contributed by atoms with Crippen molar-refractivity contribution in [2.45, 2.75) is 51.4 Å². The van der Waals surface area contributed by atoms with Gasteiger partial charge in [0.05, 0.1) is 12.0 Å². The van der Waals surface area contributed by atoms with Crippen LogP contribution >= 0.6 is 0 Å². The lowest BCUT2D eigenvalue weighted by atomic mass is 9.44. The second-order valence-electron chi connectivity index (χ2n) is 8.31. The molecule has 2 aliphatic carbocycles. The largest absolute Gasteiger partial charge is 0.325 e. The van der Waals surface area contributed by atoms with Gasteiger partial charge in [-0.05, 0) is 69.2 Å². The molecule has 8 heteroatoms. The molecule has 1 spiro atoms. The van der Waals surface area contributed by atoms with Crippen LogP contribution in [0.25, 0.3) is 5.69 Å². The first-order valence-corrected chi connectivity index (χ1v) is 9.68. The van der Waals surface area contributed by atoms with Gasteiger partial charge in [0.25, 0.3) is 0 Å². The first kappa shape index (κ1) is 17.1. The second kappa shape index (κ2) is 5.98. The quantitative estimate of drug-likeness (QED) is 0.728. The zero-order chi connectivity index (χ0) is 19.4. The van der Waals surface area contributed by atoms with Gasteiger partial charge in [0.15, 0.2) is 5.82 Å². The van der Waals surface area contributed by atoms with Gasteiger partial charge in [-0.1, -0.05) is 11.6 Å². The fraction of sp³-hybridized carbons (Fsp3) is 0.450. The van der Waals surface area contributed by atoms with Gasteiger partial charge in [-0.3, -0.25) is 4.79 Å². The minimum atomic E-state index is -0.676. The van der Waals surface area contributed by atoms with Crippen molar-refractivity contribution in [3.05, 3.63) is 47.8 Å². The van der Waals surface area contributed by atoms with Gasteiger partial charge in [-0.2, -0.15) is 5.21 Å². The molecule has 2 fully saturated rings. The third kappa shape index (κ3) is 2.47. The summed E-state index contributed by atoms with van der Waals surface area (Å²) in [5.41, 5.74) is 3.52. The highest BCUT2D eigenvalue weighted by Gasteiger charge is 2.63. The number of carbonyl (C=O) groups excluding carboxylic acids is 1. The van der Waals surface area contributed by atoms with Crippen molar-refractivity contribution in [2.24, 2.45) is 5.41 Å². The first-order valence-electron chi connectivity index (χ1n) is 9.68. The number of anilines is 1. The van der Waals surface area contributed by atoms with Crippen LogP contribution in [-0.4, -0.2) is 36.1 Å². The minimum absolute atomic E-state index is 0.0474. The minimum Gasteiger partial charge on any atom is -0.325 e. The lowest BCUT2D eigenvalue weighted by Gasteiger charge is -2.58. The Bertz CT molecular complexity index is 1010. The van der Waals surface area contributed by atoms with E-state index in [-0.39, 0.29) is 5.91 Å². The number of carbonyl (C=O) groups is 1. The van der Waals surface area contributed by atoms with Crippen LogP contribution in [0.5, 0.6) is 0 Å². The predicted octanol–water partition coefficient (Wildman–Crippen LogP) is 2.84. The van der Waals surface area contributed by atoms with Crippen LogP contribution < -0.4 is 5.32 Å². The van der Waals surface area contributed by atoms with E-state index in [0.717, 1.165) is 35.6 Å². The Hall–Kier alpha value is -3.03. The number of H-pyrrole nitrogens is 1. The van der Waals surface area contributed by atoms with Crippen molar-refractivity contribution in [1.29, 1.82) is 0 Å². The third-order valence-electron chi connectivity index (χ3n) is 6.63. The number of hydrogen-bond donors (Lipinski definition) is 2. The molecule has 2 aromatic heterocycles. The van der Waals surface area contributed by atoms with Crippen LogP contribution in [0.2, 0.25) is 0 Å². The summed E-state index contributed by atoms with van der Waals surface area (Å²) in [6, 6.07) is 7.81.